The average Bonchev–Trinajstić information content (AvgIpc) is 2.96. The van der Waals surface area contributed by atoms with Gasteiger partial charge in [-0.15, -0.1) is 0 Å². The Morgan fingerprint density at radius 1 is 0.960 bits per heavy atom. The van der Waals surface area contributed by atoms with Gasteiger partial charge in [0.05, 0.1) is 11.1 Å². The molecule has 2 N–H and O–H groups in total. The summed E-state index contributed by atoms with van der Waals surface area (Å²) in [6.07, 6.45) is -9.67. The van der Waals surface area contributed by atoms with E-state index in [9.17, 15) is 26.3 Å². The van der Waals surface area contributed by atoms with Crippen molar-refractivity contribution in [3.63, 3.8) is 0 Å². The second-order valence-electron chi connectivity index (χ2n) is 5.77. The highest BCUT2D eigenvalue weighted by Gasteiger charge is 2.37. The van der Waals surface area contributed by atoms with Crippen molar-refractivity contribution >= 4 is 0 Å². The molecule has 134 valence electrons. The zero-order valence-electron chi connectivity index (χ0n) is 12.7. The van der Waals surface area contributed by atoms with Gasteiger partial charge in [0.1, 0.15) is 11.9 Å². The third-order valence-corrected chi connectivity index (χ3v) is 3.99. The summed E-state index contributed by atoms with van der Waals surface area (Å²) in [5.41, 5.74) is 3.52. The lowest BCUT2D eigenvalue weighted by Crippen LogP contribution is -2.24. The number of hydrogen-bond donors (Lipinski definition) is 1. The van der Waals surface area contributed by atoms with Crippen molar-refractivity contribution in [2.45, 2.75) is 24.9 Å². The van der Waals surface area contributed by atoms with Gasteiger partial charge in [-0.2, -0.15) is 26.3 Å². The predicted molar refractivity (Wildman–Crippen MR) is 79.1 cm³/mol. The van der Waals surface area contributed by atoms with Crippen molar-refractivity contribution in [2.24, 2.45) is 5.73 Å². The van der Waals surface area contributed by atoms with Crippen molar-refractivity contribution in [1.29, 1.82) is 0 Å². The van der Waals surface area contributed by atoms with Crippen LogP contribution in [0.2, 0.25) is 0 Å². The molecule has 0 radical (unpaired) electrons. The molecule has 0 fully saturated rings. The zero-order valence-corrected chi connectivity index (χ0v) is 12.7. The van der Waals surface area contributed by atoms with Crippen LogP contribution in [0.15, 0.2) is 36.4 Å². The molecule has 1 unspecified atom stereocenters. The fourth-order valence-corrected chi connectivity index (χ4v) is 2.81. The minimum absolute atomic E-state index is 0.107. The summed E-state index contributed by atoms with van der Waals surface area (Å²) in [5.74, 6) is 0.283. The summed E-state index contributed by atoms with van der Waals surface area (Å²) < 4.78 is 83.8. The molecule has 2 aromatic rings. The van der Waals surface area contributed by atoms with Gasteiger partial charge in [0.2, 0.25) is 0 Å². The molecule has 0 bridgehead atoms. The van der Waals surface area contributed by atoms with Crippen LogP contribution in [0, 0.1) is 0 Å². The summed E-state index contributed by atoms with van der Waals surface area (Å²) in [6, 6.07) is 6.23. The van der Waals surface area contributed by atoms with Gasteiger partial charge in [0.25, 0.3) is 0 Å². The molecule has 1 atom stereocenters. The number of para-hydroxylation sites is 1. The number of fused-ring (bicyclic) bond motifs is 1. The van der Waals surface area contributed by atoms with Gasteiger partial charge in [-0.3, -0.25) is 0 Å². The summed E-state index contributed by atoms with van der Waals surface area (Å²) in [7, 11) is 0. The Kier molecular flexibility index (Phi) is 4.18. The number of alkyl halides is 6. The molecule has 1 aliphatic rings. The maximum absolute atomic E-state index is 13.0. The standard InChI is InChI=1S/C17H13F6NO/c18-16(19,20)11-4-10(5-12(7-11)17(21,22)23)14-3-1-2-9-6-13(8-24)25-15(9)14/h1-5,7,13H,6,8,24H2. The molecule has 2 nitrogen and oxygen atoms in total. The lowest BCUT2D eigenvalue weighted by atomic mass is 9.96. The van der Waals surface area contributed by atoms with Gasteiger partial charge >= 0.3 is 12.4 Å². The number of hydrogen-bond acceptors (Lipinski definition) is 2. The third kappa shape index (κ3) is 3.44. The minimum atomic E-state index is -4.89. The first kappa shape index (κ1) is 17.6. The van der Waals surface area contributed by atoms with Gasteiger partial charge < -0.3 is 10.5 Å². The molecule has 0 aliphatic carbocycles. The molecule has 3 rings (SSSR count). The van der Waals surface area contributed by atoms with Crippen LogP contribution in [0.25, 0.3) is 11.1 Å². The van der Waals surface area contributed by atoms with E-state index in [0.717, 1.165) is 0 Å². The van der Waals surface area contributed by atoms with Gasteiger partial charge in [0, 0.05) is 18.5 Å². The fourth-order valence-electron chi connectivity index (χ4n) is 2.81. The van der Waals surface area contributed by atoms with Crippen LogP contribution in [-0.4, -0.2) is 12.6 Å². The second kappa shape index (κ2) is 5.94. The lowest BCUT2D eigenvalue weighted by Gasteiger charge is -2.16. The van der Waals surface area contributed by atoms with Crippen LogP contribution in [0.1, 0.15) is 16.7 Å². The molecule has 0 saturated carbocycles. The van der Waals surface area contributed by atoms with Crippen LogP contribution in [-0.2, 0) is 18.8 Å². The zero-order chi connectivity index (χ0) is 18.4. The Morgan fingerprint density at radius 2 is 1.56 bits per heavy atom. The summed E-state index contributed by atoms with van der Waals surface area (Å²) in [4.78, 5) is 0. The Labute approximate surface area is 139 Å². The average molecular weight is 361 g/mol. The quantitative estimate of drug-likeness (QED) is 0.790. The largest absolute Gasteiger partial charge is 0.488 e. The fraction of sp³-hybridized carbons (Fsp3) is 0.294. The van der Waals surface area contributed by atoms with E-state index in [1.54, 1.807) is 12.1 Å². The predicted octanol–water partition coefficient (Wildman–Crippen LogP) is 4.65. The smallest absolute Gasteiger partial charge is 0.416 e. The Balaban J connectivity index is 2.18. The minimum Gasteiger partial charge on any atom is -0.488 e. The first-order valence-electron chi connectivity index (χ1n) is 7.38. The van der Waals surface area contributed by atoms with Gasteiger partial charge in [-0.1, -0.05) is 18.2 Å². The van der Waals surface area contributed by atoms with E-state index in [0.29, 0.717) is 24.1 Å². The van der Waals surface area contributed by atoms with Crippen LogP contribution in [0.3, 0.4) is 0 Å². The van der Waals surface area contributed by atoms with E-state index in [1.165, 1.54) is 6.07 Å². The second-order valence-corrected chi connectivity index (χ2v) is 5.77. The molecule has 0 spiro atoms. The number of nitrogens with two attached hydrogens (primary N) is 1. The summed E-state index contributed by atoms with van der Waals surface area (Å²) >= 11 is 0. The van der Waals surface area contributed by atoms with Crippen LogP contribution in [0.4, 0.5) is 26.3 Å². The van der Waals surface area contributed by atoms with Gasteiger partial charge in [-0.05, 0) is 29.3 Å². The van der Waals surface area contributed by atoms with E-state index in [4.69, 9.17) is 10.5 Å². The first-order chi connectivity index (χ1) is 11.6. The Morgan fingerprint density at radius 3 is 2.08 bits per heavy atom. The van der Waals surface area contributed by atoms with Crippen molar-refractivity contribution in [3.8, 4) is 16.9 Å². The van der Waals surface area contributed by atoms with Crippen molar-refractivity contribution < 1.29 is 31.1 Å². The van der Waals surface area contributed by atoms with E-state index >= 15 is 0 Å². The van der Waals surface area contributed by atoms with E-state index < -0.39 is 23.5 Å². The topological polar surface area (TPSA) is 35.2 Å². The summed E-state index contributed by atoms with van der Waals surface area (Å²) in [6.45, 7) is 0.199. The number of ether oxygens (including phenoxy) is 1. The third-order valence-electron chi connectivity index (χ3n) is 3.99. The monoisotopic (exact) mass is 361 g/mol. The van der Waals surface area contributed by atoms with Crippen molar-refractivity contribution in [2.75, 3.05) is 6.54 Å². The Bertz CT molecular complexity index is 764. The van der Waals surface area contributed by atoms with Crippen LogP contribution in [0.5, 0.6) is 5.75 Å². The molecule has 0 aromatic heterocycles. The van der Waals surface area contributed by atoms with E-state index in [-0.39, 0.29) is 35.6 Å². The van der Waals surface area contributed by atoms with Gasteiger partial charge in [0.15, 0.2) is 0 Å². The Hall–Kier alpha value is -2.22. The van der Waals surface area contributed by atoms with E-state index in [2.05, 4.69) is 0 Å². The summed E-state index contributed by atoms with van der Waals surface area (Å²) in [5, 5.41) is 0. The van der Waals surface area contributed by atoms with Crippen molar-refractivity contribution in [1.82, 2.24) is 0 Å². The molecule has 2 aromatic carbocycles. The maximum Gasteiger partial charge on any atom is 0.416 e. The molecule has 1 heterocycles. The molecule has 0 saturated heterocycles. The van der Waals surface area contributed by atoms with E-state index in [1.807, 2.05) is 0 Å². The van der Waals surface area contributed by atoms with Gasteiger partial charge in [-0.25, -0.2) is 0 Å². The highest BCUT2D eigenvalue weighted by atomic mass is 19.4. The molecule has 8 heteroatoms. The van der Waals surface area contributed by atoms with Crippen LogP contribution >= 0.6 is 0 Å². The normalized spacial score (nSPS) is 17.3. The van der Waals surface area contributed by atoms with Crippen molar-refractivity contribution in [3.05, 3.63) is 53.1 Å². The van der Waals surface area contributed by atoms with Crippen LogP contribution < -0.4 is 10.5 Å². The molecule has 25 heavy (non-hydrogen) atoms. The number of rotatable bonds is 2. The first-order valence-corrected chi connectivity index (χ1v) is 7.38. The number of halogens is 6. The SMILES string of the molecule is NCC1Cc2cccc(-c3cc(C(F)(F)F)cc(C(F)(F)F)c3)c2O1. The molecular formula is C17H13F6NO. The molecular weight excluding hydrogens is 348 g/mol. The molecule has 0 amide bonds. The number of benzene rings is 2. The maximum atomic E-state index is 13.0. The highest BCUT2D eigenvalue weighted by Crippen LogP contribution is 2.43. The molecule has 1 aliphatic heterocycles. The lowest BCUT2D eigenvalue weighted by molar-refractivity contribution is -0.143. The highest BCUT2D eigenvalue weighted by molar-refractivity contribution is 5.74.